The van der Waals surface area contributed by atoms with Crippen molar-refractivity contribution >= 4 is 17.7 Å². The molecule has 0 aliphatic carbocycles. The zero-order valence-electron chi connectivity index (χ0n) is 15.5. The maximum Gasteiger partial charge on any atom is 0.222 e. The van der Waals surface area contributed by atoms with Crippen molar-refractivity contribution in [1.29, 1.82) is 0 Å². The Kier molecular flexibility index (Phi) is 17.3. The maximum atomic E-state index is 11.8. The number of nitrogens with zero attached hydrogens (tertiary/aromatic N) is 1. The molecule has 0 aromatic carbocycles. The average molecular weight is 329 g/mol. The van der Waals surface area contributed by atoms with Gasteiger partial charge in [0.2, 0.25) is 17.7 Å². The molecule has 6 heteroatoms. The van der Waals surface area contributed by atoms with Crippen molar-refractivity contribution in [3.05, 3.63) is 0 Å². The van der Waals surface area contributed by atoms with Crippen LogP contribution < -0.4 is 10.6 Å². The summed E-state index contributed by atoms with van der Waals surface area (Å²) in [6.45, 7) is 11.9. The minimum Gasteiger partial charge on any atom is -0.356 e. The Balaban J connectivity index is 0. The lowest BCUT2D eigenvalue weighted by molar-refractivity contribution is -0.130. The first-order valence-electron chi connectivity index (χ1n) is 8.86. The molecule has 0 radical (unpaired) electrons. The molecule has 0 saturated carbocycles. The minimum atomic E-state index is 0.0330. The van der Waals surface area contributed by atoms with E-state index in [1.807, 2.05) is 34.6 Å². The second kappa shape index (κ2) is 16.8. The molecule has 136 valence electrons. The molecule has 0 spiro atoms. The normalized spacial score (nSPS) is 9.43. The lowest BCUT2D eigenvalue weighted by atomic mass is 10.3. The van der Waals surface area contributed by atoms with Gasteiger partial charge < -0.3 is 15.5 Å². The summed E-state index contributed by atoms with van der Waals surface area (Å²) in [5, 5.41) is 5.60. The van der Waals surface area contributed by atoms with Crippen molar-refractivity contribution in [2.75, 3.05) is 26.2 Å². The molecule has 0 fully saturated rings. The summed E-state index contributed by atoms with van der Waals surface area (Å²) >= 11 is 0. The van der Waals surface area contributed by atoms with E-state index in [2.05, 4.69) is 10.6 Å². The standard InChI is InChI=1S/C15H29N3O3.C2H6/c1-4-13(19)16-9-7-11-18(15(21)6-3)12-8-10-17-14(20)5-2;1-2/h4-12H2,1-3H3,(H,16,19)(H,17,20);1-2H3. The van der Waals surface area contributed by atoms with E-state index in [0.29, 0.717) is 45.4 Å². The van der Waals surface area contributed by atoms with Crippen molar-refractivity contribution in [3.8, 4) is 0 Å². The molecular weight excluding hydrogens is 294 g/mol. The van der Waals surface area contributed by atoms with Crippen LogP contribution in [0, 0.1) is 0 Å². The van der Waals surface area contributed by atoms with Gasteiger partial charge in [0, 0.05) is 45.4 Å². The first-order chi connectivity index (χ1) is 11.0. The number of rotatable bonds is 11. The Morgan fingerprint density at radius 3 is 1.43 bits per heavy atom. The highest BCUT2D eigenvalue weighted by atomic mass is 16.2. The molecule has 0 aliphatic rings. The summed E-state index contributed by atoms with van der Waals surface area (Å²) in [6, 6.07) is 0. The monoisotopic (exact) mass is 329 g/mol. The molecular formula is C17H35N3O3. The number of hydrogen-bond donors (Lipinski definition) is 2. The third-order valence-corrected chi connectivity index (χ3v) is 3.15. The first-order valence-corrected chi connectivity index (χ1v) is 8.86. The fourth-order valence-corrected chi connectivity index (χ4v) is 1.83. The summed E-state index contributed by atoms with van der Waals surface area (Å²) in [5.74, 6) is 0.176. The molecule has 0 aromatic heterocycles. The van der Waals surface area contributed by atoms with E-state index in [0.717, 1.165) is 12.8 Å². The summed E-state index contributed by atoms with van der Waals surface area (Å²) in [7, 11) is 0. The Morgan fingerprint density at radius 1 is 0.739 bits per heavy atom. The fourth-order valence-electron chi connectivity index (χ4n) is 1.83. The highest BCUT2D eigenvalue weighted by Gasteiger charge is 2.10. The Bertz CT molecular complexity index is 309. The third-order valence-electron chi connectivity index (χ3n) is 3.15. The highest BCUT2D eigenvalue weighted by molar-refractivity contribution is 5.76. The molecule has 23 heavy (non-hydrogen) atoms. The quantitative estimate of drug-likeness (QED) is 0.570. The van der Waals surface area contributed by atoms with Crippen LogP contribution in [0.4, 0.5) is 0 Å². The number of carbonyl (C=O) groups excluding carboxylic acids is 3. The van der Waals surface area contributed by atoms with Crippen molar-refractivity contribution in [2.45, 2.75) is 66.7 Å². The van der Waals surface area contributed by atoms with E-state index in [4.69, 9.17) is 0 Å². The number of hydrogen-bond acceptors (Lipinski definition) is 3. The van der Waals surface area contributed by atoms with E-state index < -0.39 is 0 Å². The van der Waals surface area contributed by atoms with E-state index in [-0.39, 0.29) is 17.7 Å². The summed E-state index contributed by atoms with van der Waals surface area (Å²) in [6.07, 6.45) is 2.93. The summed E-state index contributed by atoms with van der Waals surface area (Å²) in [4.78, 5) is 35.9. The summed E-state index contributed by atoms with van der Waals surface area (Å²) < 4.78 is 0. The largest absolute Gasteiger partial charge is 0.356 e. The van der Waals surface area contributed by atoms with E-state index in [1.54, 1.807) is 4.90 Å². The van der Waals surface area contributed by atoms with Gasteiger partial charge in [-0.05, 0) is 12.8 Å². The zero-order chi connectivity index (χ0) is 18.1. The smallest absolute Gasteiger partial charge is 0.222 e. The van der Waals surface area contributed by atoms with Crippen molar-refractivity contribution in [1.82, 2.24) is 15.5 Å². The second-order valence-electron chi connectivity index (χ2n) is 4.85. The summed E-state index contributed by atoms with van der Waals surface area (Å²) in [5.41, 5.74) is 0. The van der Waals surface area contributed by atoms with Gasteiger partial charge in [-0.3, -0.25) is 14.4 Å². The molecule has 3 amide bonds. The molecule has 0 atom stereocenters. The van der Waals surface area contributed by atoms with Crippen LogP contribution >= 0.6 is 0 Å². The van der Waals surface area contributed by atoms with Crippen molar-refractivity contribution < 1.29 is 14.4 Å². The maximum absolute atomic E-state index is 11.8. The van der Waals surface area contributed by atoms with Crippen LogP contribution in [0.1, 0.15) is 66.7 Å². The van der Waals surface area contributed by atoms with Crippen LogP contribution in [-0.4, -0.2) is 48.8 Å². The molecule has 6 nitrogen and oxygen atoms in total. The highest BCUT2D eigenvalue weighted by Crippen LogP contribution is 1.98. The molecule has 0 saturated heterocycles. The van der Waals surface area contributed by atoms with Crippen molar-refractivity contribution in [3.63, 3.8) is 0 Å². The van der Waals surface area contributed by atoms with Gasteiger partial charge in [0.1, 0.15) is 0 Å². The van der Waals surface area contributed by atoms with Crippen LogP contribution in [0.5, 0.6) is 0 Å². The van der Waals surface area contributed by atoms with Crippen LogP contribution in [0.3, 0.4) is 0 Å². The van der Waals surface area contributed by atoms with E-state index >= 15 is 0 Å². The molecule has 0 rings (SSSR count). The molecule has 0 heterocycles. The Hall–Kier alpha value is -1.59. The van der Waals surface area contributed by atoms with Crippen LogP contribution in [0.15, 0.2) is 0 Å². The molecule has 0 aliphatic heterocycles. The van der Waals surface area contributed by atoms with Gasteiger partial charge in [-0.25, -0.2) is 0 Å². The first kappa shape index (κ1) is 23.7. The van der Waals surface area contributed by atoms with Crippen LogP contribution in [0.25, 0.3) is 0 Å². The van der Waals surface area contributed by atoms with E-state index in [9.17, 15) is 14.4 Å². The van der Waals surface area contributed by atoms with Crippen LogP contribution in [-0.2, 0) is 14.4 Å². The topological polar surface area (TPSA) is 78.5 Å². The Labute approximate surface area is 141 Å². The number of carbonyl (C=O) groups is 3. The predicted molar refractivity (Wildman–Crippen MR) is 94.1 cm³/mol. The molecule has 0 aromatic rings. The van der Waals surface area contributed by atoms with Gasteiger partial charge in [-0.15, -0.1) is 0 Å². The van der Waals surface area contributed by atoms with Gasteiger partial charge >= 0.3 is 0 Å². The zero-order valence-corrected chi connectivity index (χ0v) is 15.5. The number of amides is 3. The lowest BCUT2D eigenvalue weighted by Gasteiger charge is -2.22. The van der Waals surface area contributed by atoms with Gasteiger partial charge in [0.15, 0.2) is 0 Å². The number of nitrogens with one attached hydrogen (secondary N) is 2. The SMILES string of the molecule is CC.CCC(=O)NCCCN(CCCNC(=O)CC)C(=O)CC. The second-order valence-corrected chi connectivity index (χ2v) is 4.85. The molecule has 2 N–H and O–H groups in total. The molecule has 0 unspecified atom stereocenters. The third kappa shape index (κ3) is 13.8. The van der Waals surface area contributed by atoms with Gasteiger partial charge in [-0.1, -0.05) is 34.6 Å². The predicted octanol–water partition coefficient (Wildman–Crippen LogP) is 2.08. The van der Waals surface area contributed by atoms with Gasteiger partial charge in [-0.2, -0.15) is 0 Å². The fraction of sp³-hybridized carbons (Fsp3) is 0.824. The average Bonchev–Trinajstić information content (AvgIpc) is 2.60. The van der Waals surface area contributed by atoms with Crippen LogP contribution in [0.2, 0.25) is 0 Å². The lowest BCUT2D eigenvalue weighted by Crippen LogP contribution is -2.36. The molecule has 0 bridgehead atoms. The Morgan fingerprint density at radius 2 is 1.13 bits per heavy atom. The van der Waals surface area contributed by atoms with Crippen molar-refractivity contribution in [2.24, 2.45) is 0 Å². The van der Waals surface area contributed by atoms with Gasteiger partial charge in [0.05, 0.1) is 0 Å². The van der Waals surface area contributed by atoms with E-state index in [1.165, 1.54) is 0 Å². The van der Waals surface area contributed by atoms with Gasteiger partial charge in [0.25, 0.3) is 0 Å². The minimum absolute atomic E-state index is 0.0330.